The van der Waals surface area contributed by atoms with Crippen molar-refractivity contribution in [3.8, 4) is 0 Å². The summed E-state index contributed by atoms with van der Waals surface area (Å²) in [6, 6.07) is 10.3. The van der Waals surface area contributed by atoms with Crippen LogP contribution in [-0.4, -0.2) is 77.3 Å². The van der Waals surface area contributed by atoms with E-state index in [2.05, 4.69) is 12.1 Å². The topological polar surface area (TPSA) is 9.23 Å². The van der Waals surface area contributed by atoms with Gasteiger partial charge < -0.3 is 51.8 Å². The molecule has 0 aliphatic heterocycles. The van der Waals surface area contributed by atoms with Gasteiger partial charge >= 0.3 is 125 Å². The van der Waals surface area contributed by atoms with Crippen LogP contribution in [0.25, 0.3) is 0 Å². The van der Waals surface area contributed by atoms with Gasteiger partial charge in [-0.15, -0.1) is 0 Å². The molecule has 0 spiro atoms. The van der Waals surface area contributed by atoms with Crippen molar-refractivity contribution >= 4 is 70.7 Å². The van der Waals surface area contributed by atoms with Crippen molar-refractivity contribution in [2.75, 3.05) is 6.61 Å². The molecule has 0 fully saturated rings. The first kappa shape index (κ1) is 30.9. The van der Waals surface area contributed by atoms with E-state index in [1.165, 1.54) is 6.08 Å². The molecule has 150 valence electrons. The Labute approximate surface area is 175 Å². The minimum absolute atomic E-state index is 0.775. The van der Waals surface area contributed by atoms with Crippen molar-refractivity contribution in [3.63, 3.8) is 0 Å². The fourth-order valence-corrected chi connectivity index (χ4v) is 1.36. The molecule has 0 N–H and O–H groups in total. The summed E-state index contributed by atoms with van der Waals surface area (Å²) >= 11 is 0.934. The third kappa shape index (κ3) is 74.8. The fraction of sp³-hybridized carbons (Fsp3) is 0.333. The standard InChI is InChI=1S/C9H11O.3BF4.K/c1-2-10-8-9-6-4-3-5-7-9;3*2-1(3,4)5;/h3-7H,1-2,8H2;;;;/q;3*-1;. The average Bonchev–Trinajstić information content (AvgIpc) is 2.34. The Morgan fingerprint density at radius 3 is 1.23 bits per heavy atom. The predicted octanol–water partition coefficient (Wildman–Crippen LogP) is 5.69. The van der Waals surface area contributed by atoms with Crippen molar-refractivity contribution in [1.29, 1.82) is 0 Å². The second-order valence-corrected chi connectivity index (χ2v) is 5.58. The molecule has 17 heteroatoms. The molecule has 0 saturated carbocycles. The molecule has 0 saturated heterocycles. The first-order valence-electron chi connectivity index (χ1n) is 6.67. The van der Waals surface area contributed by atoms with Crippen molar-refractivity contribution in [1.82, 2.24) is 0 Å². The van der Waals surface area contributed by atoms with Gasteiger partial charge in [0.1, 0.15) is 0 Å². The Kier molecular flexibility index (Phi) is 19.2. The van der Waals surface area contributed by atoms with Gasteiger partial charge in [0, 0.05) is 0 Å². The summed E-state index contributed by atoms with van der Waals surface area (Å²) in [6.45, 7) is 1.71. The van der Waals surface area contributed by atoms with Crippen LogP contribution in [0.4, 0.5) is 51.8 Å². The predicted molar refractivity (Wildman–Crippen MR) is 77.2 cm³/mol. The quantitative estimate of drug-likeness (QED) is 0.336. The van der Waals surface area contributed by atoms with E-state index in [1.54, 1.807) is 0 Å². The fourth-order valence-electron chi connectivity index (χ4n) is 0.909. The van der Waals surface area contributed by atoms with Crippen molar-refractivity contribution < 1.29 is 56.5 Å². The molecule has 0 aromatic heterocycles. The molecule has 0 radical (unpaired) electrons. The van der Waals surface area contributed by atoms with Crippen molar-refractivity contribution in [3.05, 3.63) is 35.9 Å². The molecule has 0 amide bonds. The molecule has 0 heterocycles. The zero-order valence-electron chi connectivity index (χ0n) is 13.2. The van der Waals surface area contributed by atoms with Gasteiger partial charge in [-0.2, -0.15) is 0 Å². The minimum atomic E-state index is -6.00. The van der Waals surface area contributed by atoms with Crippen LogP contribution >= 0.6 is 0 Å². The van der Waals surface area contributed by atoms with Gasteiger partial charge in [0.2, 0.25) is 0 Å². The Balaban J connectivity index is -0.000000300. The van der Waals surface area contributed by atoms with Gasteiger partial charge in [-0.3, -0.25) is 0 Å². The van der Waals surface area contributed by atoms with E-state index >= 15 is 0 Å². The average molecular weight is 435 g/mol. The van der Waals surface area contributed by atoms with E-state index < -0.39 is 21.8 Å². The van der Waals surface area contributed by atoms with Gasteiger partial charge in [-0.25, -0.2) is 0 Å². The Morgan fingerprint density at radius 2 is 0.962 bits per heavy atom. The van der Waals surface area contributed by atoms with Gasteiger partial charge in [0.05, 0.1) is 0 Å². The Morgan fingerprint density at radius 1 is 0.654 bits per heavy atom. The van der Waals surface area contributed by atoms with Crippen LogP contribution in [0.1, 0.15) is 5.56 Å². The van der Waals surface area contributed by atoms with Gasteiger partial charge in [0.25, 0.3) is 0 Å². The molecule has 0 aliphatic carbocycles. The van der Waals surface area contributed by atoms with E-state index in [0.29, 0.717) is 0 Å². The summed E-state index contributed by atoms with van der Waals surface area (Å²) in [5.74, 6) is 0. The van der Waals surface area contributed by atoms with E-state index in [0.717, 1.165) is 62.2 Å². The summed E-state index contributed by atoms with van der Waals surface area (Å²) in [5, 5.41) is 0. The van der Waals surface area contributed by atoms with Crippen LogP contribution in [0.15, 0.2) is 30.3 Å². The van der Waals surface area contributed by atoms with Crippen LogP contribution in [0, 0.1) is 0 Å². The summed E-state index contributed by atoms with van der Waals surface area (Å²) in [5.41, 5.74) is 1.27. The Bertz CT molecular complexity index is 378. The molecule has 0 aliphatic rings. The first-order valence-corrected chi connectivity index (χ1v) is 8.88. The molecular formula is C9H11B3F12KO-3. The summed E-state index contributed by atoms with van der Waals surface area (Å²) in [4.78, 5) is 0. The van der Waals surface area contributed by atoms with E-state index in [9.17, 15) is 51.8 Å². The molecule has 0 atom stereocenters. The second kappa shape index (κ2) is 16.2. The summed E-state index contributed by atoms with van der Waals surface area (Å²) in [7, 11) is -18.0. The number of hydrogen-bond acceptors (Lipinski definition) is 1. The Hall–Kier alpha value is 0.171. The van der Waals surface area contributed by atoms with Gasteiger partial charge in [-0.05, 0) is 0 Å². The third-order valence-electron chi connectivity index (χ3n) is 1.46. The number of ether oxygens (including phenoxy) is 1. The van der Waals surface area contributed by atoms with Crippen LogP contribution < -0.4 is 0 Å². The summed E-state index contributed by atoms with van der Waals surface area (Å²) < 4.78 is 124. The van der Waals surface area contributed by atoms with E-state index in [4.69, 9.17) is 4.74 Å². The maximum absolute atomic E-state index is 9.75. The van der Waals surface area contributed by atoms with E-state index in [1.807, 2.05) is 18.2 Å². The van der Waals surface area contributed by atoms with Crippen molar-refractivity contribution in [2.24, 2.45) is 0 Å². The molecule has 1 rings (SSSR count). The SMILES string of the molecule is F[B-](F)(F)F.F[B-](F)(F)F.F[B-](F)(F)F.[K][CH2]COCc1ccccc1. The van der Waals surface area contributed by atoms with Crippen molar-refractivity contribution in [2.45, 2.75) is 7.12 Å². The second-order valence-electron chi connectivity index (χ2n) is 4.02. The molecule has 0 unspecified atom stereocenters. The molecule has 1 aromatic carbocycles. The number of rotatable bonds is 4. The van der Waals surface area contributed by atoms with Gasteiger partial charge in [-0.1, -0.05) is 0 Å². The molecule has 0 bridgehead atoms. The van der Waals surface area contributed by atoms with Crippen LogP contribution in [-0.2, 0) is 11.3 Å². The van der Waals surface area contributed by atoms with Crippen LogP contribution in [0.5, 0.6) is 0 Å². The maximum atomic E-state index is 9.75. The molecule has 1 nitrogen and oxygen atoms in total. The summed E-state index contributed by atoms with van der Waals surface area (Å²) in [6.07, 6.45) is 0. The number of benzene rings is 1. The zero-order chi connectivity index (χ0) is 21.4. The molecule has 26 heavy (non-hydrogen) atoms. The number of halogens is 12. The first-order chi connectivity index (χ1) is 11.4. The normalized spacial score (nSPS) is 11.2. The third-order valence-corrected chi connectivity index (χ3v) is 2.10. The van der Waals surface area contributed by atoms with E-state index in [-0.39, 0.29) is 0 Å². The van der Waals surface area contributed by atoms with Crippen LogP contribution in [0.3, 0.4) is 0 Å². The molecular weight excluding hydrogens is 424 g/mol. The molecule has 1 aromatic rings. The van der Waals surface area contributed by atoms with Crippen LogP contribution in [0.2, 0.25) is 0.515 Å². The zero-order valence-corrected chi connectivity index (χ0v) is 16.3. The van der Waals surface area contributed by atoms with Gasteiger partial charge in [0.15, 0.2) is 0 Å². The monoisotopic (exact) mass is 435 g/mol. The number of hydrogen-bond donors (Lipinski definition) is 0.